The van der Waals surface area contributed by atoms with E-state index in [4.69, 9.17) is 4.99 Å². The molecule has 0 saturated heterocycles. The summed E-state index contributed by atoms with van der Waals surface area (Å²) in [6.45, 7) is 16.6. The highest BCUT2D eigenvalue weighted by Crippen LogP contribution is 2.41. The number of hydrogen-bond acceptors (Lipinski definition) is 1. The molecule has 6 rings (SSSR count). The molecular formula is C41H39BF2N2. The first kappa shape index (κ1) is 31.2. The van der Waals surface area contributed by atoms with E-state index in [0.29, 0.717) is 17.1 Å². The lowest BCUT2D eigenvalue weighted by molar-refractivity contribution is 0.630. The lowest BCUT2D eigenvalue weighted by Crippen LogP contribution is -2.16. The average molecular weight is 609 g/mol. The fourth-order valence-electron chi connectivity index (χ4n) is 6.32. The molecule has 2 heterocycles. The number of aryl methyl sites for hydroxylation is 8. The molecule has 0 unspecified atom stereocenters. The topological polar surface area (TPSA) is 17.3 Å². The molecule has 0 aliphatic carbocycles. The molecule has 0 radical (unpaired) electrons. The van der Waals surface area contributed by atoms with E-state index in [9.17, 15) is 0 Å². The standard InChI is InChI=1S/C41H39BF2N2/c1-24-9-13-32(14-10-24)38-21-36(34-19-28(5)26(3)17-30(34)7)39(45-38)23-41-37(35-20-29(6)27(4)18-31(35)8)22-40(46(41)42(43)44)33-15-11-25(2)12-16-33/h9-23H,1-8H3/b39-23-. The van der Waals surface area contributed by atoms with Crippen LogP contribution in [0.4, 0.5) is 8.63 Å². The number of nitrogens with zero attached hydrogens (tertiary/aromatic N) is 2. The van der Waals surface area contributed by atoms with Crippen molar-refractivity contribution >= 4 is 24.8 Å². The van der Waals surface area contributed by atoms with Crippen molar-refractivity contribution in [2.45, 2.75) is 55.4 Å². The highest BCUT2D eigenvalue weighted by Gasteiger charge is 2.29. The number of rotatable bonds is 6. The van der Waals surface area contributed by atoms with Gasteiger partial charge in [0.15, 0.2) is 0 Å². The SMILES string of the molecule is Cc1ccc(C2=N/C(=C\c3c(-c4cc(C)c(C)cc4C)cc(-c4ccc(C)cc4)n3B(F)F)C(c3cc(C)c(C)cc3C)=C2)cc1. The Hall–Kier alpha value is -4.77. The second-order valence-corrected chi connectivity index (χ2v) is 12.8. The predicted molar refractivity (Wildman–Crippen MR) is 192 cm³/mol. The van der Waals surface area contributed by atoms with E-state index in [1.807, 2.05) is 43.3 Å². The van der Waals surface area contributed by atoms with Gasteiger partial charge in [0, 0.05) is 28.1 Å². The van der Waals surface area contributed by atoms with Gasteiger partial charge in [-0.1, -0.05) is 83.9 Å². The fraction of sp³-hybridized carbons (Fsp3) is 0.195. The van der Waals surface area contributed by atoms with Gasteiger partial charge in [-0.2, -0.15) is 0 Å². The zero-order valence-corrected chi connectivity index (χ0v) is 27.9. The third-order valence-electron chi connectivity index (χ3n) is 9.30. The van der Waals surface area contributed by atoms with Crippen LogP contribution < -0.4 is 0 Å². The molecular weight excluding hydrogens is 569 g/mol. The third-order valence-corrected chi connectivity index (χ3v) is 9.30. The molecule has 5 heteroatoms. The molecule has 0 saturated carbocycles. The minimum Gasteiger partial charge on any atom is -0.325 e. The molecule has 230 valence electrons. The van der Waals surface area contributed by atoms with Gasteiger partial charge in [0.2, 0.25) is 0 Å². The molecule has 0 amide bonds. The number of aliphatic imine (C=N–C) groups is 1. The van der Waals surface area contributed by atoms with Crippen LogP contribution in [0.5, 0.6) is 0 Å². The summed E-state index contributed by atoms with van der Waals surface area (Å²) >= 11 is 0. The van der Waals surface area contributed by atoms with Gasteiger partial charge in [-0.05, 0) is 124 Å². The predicted octanol–water partition coefficient (Wildman–Crippen LogP) is 11.0. The van der Waals surface area contributed by atoms with Crippen molar-refractivity contribution in [3.63, 3.8) is 0 Å². The van der Waals surface area contributed by atoms with Crippen LogP contribution >= 0.6 is 0 Å². The van der Waals surface area contributed by atoms with Crippen LogP contribution in [0.2, 0.25) is 0 Å². The second-order valence-electron chi connectivity index (χ2n) is 12.8. The Labute approximate surface area is 272 Å². The number of hydrogen-bond donors (Lipinski definition) is 0. The van der Waals surface area contributed by atoms with Crippen molar-refractivity contribution in [1.82, 2.24) is 4.48 Å². The Kier molecular flexibility index (Phi) is 8.29. The average Bonchev–Trinajstić information content (AvgIpc) is 3.60. The number of allylic oxidation sites excluding steroid dienone is 2. The van der Waals surface area contributed by atoms with Gasteiger partial charge in [-0.3, -0.25) is 8.63 Å². The maximum absolute atomic E-state index is 15.3. The first-order valence-electron chi connectivity index (χ1n) is 15.8. The van der Waals surface area contributed by atoms with E-state index in [-0.39, 0.29) is 0 Å². The number of aromatic nitrogens is 1. The van der Waals surface area contributed by atoms with E-state index >= 15 is 8.63 Å². The number of halogens is 2. The van der Waals surface area contributed by atoms with E-state index < -0.39 is 7.40 Å². The summed E-state index contributed by atoms with van der Waals surface area (Å²) in [5.74, 6) is 0. The van der Waals surface area contributed by atoms with Gasteiger partial charge in [0.1, 0.15) is 0 Å². The minimum absolute atomic E-state index is 0.438. The monoisotopic (exact) mass is 608 g/mol. The smallest absolute Gasteiger partial charge is 0.325 e. The molecule has 0 N–H and O–H groups in total. The lowest BCUT2D eigenvalue weighted by atomic mass is 9.92. The fourth-order valence-corrected chi connectivity index (χ4v) is 6.32. The minimum atomic E-state index is -2.76. The number of benzene rings is 4. The van der Waals surface area contributed by atoms with Crippen molar-refractivity contribution in [2.24, 2.45) is 4.99 Å². The van der Waals surface area contributed by atoms with Crippen LogP contribution in [0.25, 0.3) is 34.0 Å². The van der Waals surface area contributed by atoms with Gasteiger partial charge in [0.05, 0.1) is 11.4 Å². The van der Waals surface area contributed by atoms with Gasteiger partial charge in [-0.15, -0.1) is 0 Å². The molecule has 2 nitrogen and oxygen atoms in total. The Bertz CT molecular complexity index is 2080. The van der Waals surface area contributed by atoms with Crippen molar-refractivity contribution in [2.75, 3.05) is 0 Å². The maximum atomic E-state index is 15.3. The summed E-state index contributed by atoms with van der Waals surface area (Å²) in [5.41, 5.74) is 16.9. The zero-order chi connectivity index (χ0) is 32.9. The molecule has 4 aromatic carbocycles. The summed E-state index contributed by atoms with van der Waals surface area (Å²) in [4.78, 5) is 5.14. The molecule has 1 aliphatic heterocycles. The highest BCUT2D eigenvalue weighted by molar-refractivity contribution is 6.42. The van der Waals surface area contributed by atoms with Gasteiger partial charge in [-0.25, -0.2) is 4.99 Å². The first-order chi connectivity index (χ1) is 21.9. The molecule has 1 aliphatic rings. The van der Waals surface area contributed by atoms with E-state index in [0.717, 1.165) is 61.4 Å². The third kappa shape index (κ3) is 5.82. The summed E-state index contributed by atoms with van der Waals surface area (Å²) in [6, 6.07) is 26.6. The Morgan fingerprint density at radius 3 is 1.63 bits per heavy atom. The molecule has 0 bridgehead atoms. The van der Waals surface area contributed by atoms with Crippen molar-refractivity contribution < 1.29 is 8.63 Å². The largest absolute Gasteiger partial charge is 0.678 e. The van der Waals surface area contributed by atoms with Crippen LogP contribution in [0, 0.1) is 55.4 Å². The van der Waals surface area contributed by atoms with Crippen LogP contribution in [0.3, 0.4) is 0 Å². The van der Waals surface area contributed by atoms with Crippen LogP contribution in [-0.2, 0) is 0 Å². The molecule has 0 atom stereocenters. The van der Waals surface area contributed by atoms with Crippen molar-refractivity contribution in [3.05, 3.63) is 152 Å². The van der Waals surface area contributed by atoms with Crippen molar-refractivity contribution in [3.8, 4) is 22.4 Å². The zero-order valence-electron chi connectivity index (χ0n) is 27.9. The van der Waals surface area contributed by atoms with Crippen molar-refractivity contribution in [1.29, 1.82) is 0 Å². The van der Waals surface area contributed by atoms with Crippen LogP contribution in [0.1, 0.15) is 61.3 Å². The molecule has 5 aromatic rings. The van der Waals surface area contributed by atoms with E-state index in [2.05, 4.69) is 103 Å². The molecule has 46 heavy (non-hydrogen) atoms. The Morgan fingerprint density at radius 2 is 1.07 bits per heavy atom. The quantitative estimate of drug-likeness (QED) is 0.171. The Morgan fingerprint density at radius 1 is 0.565 bits per heavy atom. The first-order valence-corrected chi connectivity index (χ1v) is 15.8. The summed E-state index contributed by atoms with van der Waals surface area (Å²) in [7, 11) is -2.76. The van der Waals surface area contributed by atoms with E-state index in [1.54, 1.807) is 0 Å². The van der Waals surface area contributed by atoms with Gasteiger partial charge < -0.3 is 4.48 Å². The maximum Gasteiger partial charge on any atom is 0.678 e. The summed E-state index contributed by atoms with van der Waals surface area (Å²) in [5, 5.41) is 0. The second kappa shape index (κ2) is 12.2. The molecule has 1 aromatic heterocycles. The summed E-state index contributed by atoms with van der Waals surface area (Å²) < 4.78 is 31.9. The molecule has 0 fully saturated rings. The highest BCUT2D eigenvalue weighted by atomic mass is 19.2. The molecule has 0 spiro atoms. The summed E-state index contributed by atoms with van der Waals surface area (Å²) in [6.07, 6.45) is 3.97. The van der Waals surface area contributed by atoms with E-state index in [1.165, 1.54) is 26.7 Å². The van der Waals surface area contributed by atoms with Crippen LogP contribution in [0.15, 0.2) is 95.6 Å². The lowest BCUT2D eigenvalue weighted by Gasteiger charge is -2.14. The van der Waals surface area contributed by atoms with Gasteiger partial charge >= 0.3 is 7.40 Å². The normalized spacial score (nSPS) is 13.7. The van der Waals surface area contributed by atoms with Crippen LogP contribution in [-0.4, -0.2) is 17.6 Å². The Balaban J connectivity index is 1.66. The van der Waals surface area contributed by atoms with Gasteiger partial charge in [0.25, 0.3) is 0 Å².